The third-order valence-corrected chi connectivity index (χ3v) is 5.46. The lowest BCUT2D eigenvalue weighted by Gasteiger charge is -2.17. The van der Waals surface area contributed by atoms with Crippen molar-refractivity contribution in [3.63, 3.8) is 0 Å². The molecule has 5 heteroatoms. The van der Waals surface area contributed by atoms with E-state index in [-0.39, 0.29) is 12.5 Å². The van der Waals surface area contributed by atoms with E-state index in [0.717, 1.165) is 34.7 Å². The Labute approximate surface area is 170 Å². The van der Waals surface area contributed by atoms with Gasteiger partial charge < -0.3 is 14.2 Å². The second-order valence-electron chi connectivity index (χ2n) is 7.46. The molecule has 0 aliphatic carbocycles. The highest BCUT2D eigenvalue weighted by atomic mass is 16.5. The minimum Gasteiger partial charge on any atom is -0.452 e. The molecule has 0 bridgehead atoms. The van der Waals surface area contributed by atoms with Crippen LogP contribution in [-0.2, 0) is 16.0 Å². The third-order valence-electron chi connectivity index (χ3n) is 5.46. The maximum Gasteiger partial charge on any atom is 0.340 e. The second-order valence-corrected chi connectivity index (χ2v) is 7.46. The Kier molecular flexibility index (Phi) is 4.97. The molecule has 0 saturated carbocycles. The minimum absolute atomic E-state index is 0.198. The first-order chi connectivity index (χ1) is 14.0. The molecule has 0 radical (unpaired) electrons. The van der Waals surface area contributed by atoms with Crippen LogP contribution in [0.5, 0.6) is 0 Å². The molecule has 29 heavy (non-hydrogen) atoms. The van der Waals surface area contributed by atoms with Crippen LogP contribution in [0.1, 0.15) is 32.9 Å². The topological polar surface area (TPSA) is 51.5 Å². The average Bonchev–Trinajstić information content (AvgIpc) is 3.28. The zero-order valence-corrected chi connectivity index (χ0v) is 16.9. The highest BCUT2D eigenvalue weighted by molar-refractivity contribution is 5.99. The van der Waals surface area contributed by atoms with Crippen molar-refractivity contribution in [1.82, 2.24) is 4.57 Å². The molecule has 1 aliphatic heterocycles. The van der Waals surface area contributed by atoms with Crippen LogP contribution in [0.15, 0.2) is 54.6 Å². The van der Waals surface area contributed by atoms with E-state index in [9.17, 15) is 9.59 Å². The summed E-state index contributed by atoms with van der Waals surface area (Å²) in [6.45, 7) is 6.24. The molecule has 1 amide bonds. The number of carbonyl (C=O) groups is 2. The monoisotopic (exact) mass is 388 g/mol. The predicted octanol–water partition coefficient (Wildman–Crippen LogP) is 4.15. The normalized spacial score (nSPS) is 12.7. The van der Waals surface area contributed by atoms with E-state index in [1.165, 1.54) is 5.56 Å². The number of fused-ring (bicyclic) bond motifs is 1. The van der Waals surface area contributed by atoms with E-state index < -0.39 is 5.97 Å². The quantitative estimate of drug-likeness (QED) is 0.631. The van der Waals surface area contributed by atoms with Crippen molar-refractivity contribution in [1.29, 1.82) is 0 Å². The van der Waals surface area contributed by atoms with Gasteiger partial charge in [0.05, 0.1) is 5.56 Å². The Balaban J connectivity index is 1.48. The van der Waals surface area contributed by atoms with Gasteiger partial charge in [0.1, 0.15) is 0 Å². The molecule has 1 aromatic heterocycles. The predicted molar refractivity (Wildman–Crippen MR) is 113 cm³/mol. The summed E-state index contributed by atoms with van der Waals surface area (Å²) in [6.07, 6.45) is 0.827. The first-order valence-electron chi connectivity index (χ1n) is 9.77. The Bertz CT molecular complexity index is 1080. The smallest absolute Gasteiger partial charge is 0.340 e. The van der Waals surface area contributed by atoms with Crippen LogP contribution in [-0.4, -0.2) is 29.6 Å². The standard InChI is InChI=1S/C24H24N2O3/c1-16-8-10-20(11-9-16)26-17(2)14-21(18(26)3)24(28)29-15-23(27)25-13-12-19-6-4-5-7-22(19)25/h4-11,14H,12-13,15H2,1-3H3. The zero-order valence-electron chi connectivity index (χ0n) is 16.9. The van der Waals surface area contributed by atoms with Gasteiger partial charge in [-0.3, -0.25) is 4.79 Å². The van der Waals surface area contributed by atoms with Gasteiger partial charge in [0.15, 0.2) is 6.61 Å². The van der Waals surface area contributed by atoms with E-state index in [2.05, 4.69) is 0 Å². The Morgan fingerprint density at radius 3 is 2.48 bits per heavy atom. The van der Waals surface area contributed by atoms with Crippen LogP contribution in [0.3, 0.4) is 0 Å². The van der Waals surface area contributed by atoms with E-state index in [1.54, 1.807) is 4.90 Å². The van der Waals surface area contributed by atoms with E-state index in [1.807, 2.05) is 79.9 Å². The first kappa shape index (κ1) is 19.0. The van der Waals surface area contributed by atoms with E-state index >= 15 is 0 Å². The Morgan fingerprint density at radius 2 is 1.72 bits per heavy atom. The number of para-hydroxylation sites is 1. The molecule has 2 heterocycles. The molecular formula is C24H24N2O3. The summed E-state index contributed by atoms with van der Waals surface area (Å²) in [6, 6.07) is 17.8. The second kappa shape index (κ2) is 7.59. The third kappa shape index (κ3) is 3.56. The van der Waals surface area contributed by atoms with Crippen molar-refractivity contribution in [2.24, 2.45) is 0 Å². The van der Waals surface area contributed by atoms with Crippen LogP contribution in [0.25, 0.3) is 5.69 Å². The van der Waals surface area contributed by atoms with Gasteiger partial charge in [0.2, 0.25) is 0 Å². The van der Waals surface area contributed by atoms with Crippen LogP contribution in [0.2, 0.25) is 0 Å². The summed E-state index contributed by atoms with van der Waals surface area (Å²) >= 11 is 0. The van der Waals surface area contributed by atoms with Gasteiger partial charge in [0, 0.05) is 29.3 Å². The van der Waals surface area contributed by atoms with Crippen LogP contribution >= 0.6 is 0 Å². The molecule has 5 nitrogen and oxygen atoms in total. The molecular weight excluding hydrogens is 364 g/mol. The number of ether oxygens (including phenoxy) is 1. The summed E-state index contributed by atoms with van der Waals surface area (Å²) in [4.78, 5) is 27.0. The first-order valence-corrected chi connectivity index (χ1v) is 9.77. The SMILES string of the molecule is Cc1ccc(-n2c(C)cc(C(=O)OCC(=O)N3CCc4ccccc43)c2C)cc1. The largest absolute Gasteiger partial charge is 0.452 e. The number of esters is 1. The maximum absolute atomic E-state index is 12.7. The summed E-state index contributed by atoms with van der Waals surface area (Å²) in [5.41, 5.74) is 6.46. The van der Waals surface area contributed by atoms with Gasteiger partial charge in [-0.1, -0.05) is 35.9 Å². The van der Waals surface area contributed by atoms with Crippen molar-refractivity contribution in [2.45, 2.75) is 27.2 Å². The van der Waals surface area contributed by atoms with Gasteiger partial charge in [-0.15, -0.1) is 0 Å². The Morgan fingerprint density at radius 1 is 1.00 bits per heavy atom. The average molecular weight is 388 g/mol. The fourth-order valence-corrected chi connectivity index (χ4v) is 3.94. The van der Waals surface area contributed by atoms with Gasteiger partial charge in [-0.2, -0.15) is 0 Å². The molecule has 0 unspecified atom stereocenters. The van der Waals surface area contributed by atoms with Crippen molar-refractivity contribution < 1.29 is 14.3 Å². The fraction of sp³-hybridized carbons (Fsp3) is 0.250. The van der Waals surface area contributed by atoms with Crippen molar-refractivity contribution in [3.8, 4) is 5.69 Å². The van der Waals surface area contributed by atoms with Crippen LogP contribution in [0, 0.1) is 20.8 Å². The lowest BCUT2D eigenvalue weighted by atomic mass is 10.2. The lowest BCUT2D eigenvalue weighted by molar-refractivity contribution is -0.121. The number of amides is 1. The number of aryl methyl sites for hydroxylation is 2. The number of aromatic nitrogens is 1. The summed E-state index contributed by atoms with van der Waals surface area (Å²) < 4.78 is 7.40. The molecule has 0 N–H and O–H groups in total. The number of nitrogens with zero attached hydrogens (tertiary/aromatic N) is 2. The zero-order chi connectivity index (χ0) is 20.5. The maximum atomic E-state index is 12.7. The number of hydrogen-bond donors (Lipinski definition) is 0. The summed E-state index contributed by atoms with van der Waals surface area (Å²) in [7, 11) is 0. The molecule has 0 atom stereocenters. The number of benzene rings is 2. The van der Waals surface area contributed by atoms with E-state index in [4.69, 9.17) is 4.74 Å². The van der Waals surface area contributed by atoms with E-state index in [0.29, 0.717) is 12.1 Å². The highest BCUT2D eigenvalue weighted by Gasteiger charge is 2.26. The van der Waals surface area contributed by atoms with Gasteiger partial charge in [-0.05, 0) is 57.0 Å². The Hall–Kier alpha value is -3.34. The summed E-state index contributed by atoms with van der Waals surface area (Å²) in [5.74, 6) is -0.673. The molecule has 148 valence electrons. The number of anilines is 1. The number of hydrogen-bond acceptors (Lipinski definition) is 3. The van der Waals surface area contributed by atoms with Gasteiger partial charge >= 0.3 is 5.97 Å². The molecule has 0 fully saturated rings. The van der Waals surface area contributed by atoms with Crippen molar-refractivity contribution in [2.75, 3.05) is 18.1 Å². The van der Waals surface area contributed by atoms with Crippen LogP contribution in [0.4, 0.5) is 5.69 Å². The van der Waals surface area contributed by atoms with Crippen LogP contribution < -0.4 is 4.90 Å². The van der Waals surface area contributed by atoms with Gasteiger partial charge in [-0.25, -0.2) is 4.79 Å². The minimum atomic E-state index is -0.475. The van der Waals surface area contributed by atoms with Crippen molar-refractivity contribution in [3.05, 3.63) is 82.7 Å². The molecule has 0 saturated heterocycles. The highest BCUT2D eigenvalue weighted by Crippen LogP contribution is 2.27. The number of rotatable bonds is 4. The molecule has 1 aliphatic rings. The molecule has 4 rings (SSSR count). The molecule has 0 spiro atoms. The van der Waals surface area contributed by atoms with Gasteiger partial charge in [0.25, 0.3) is 5.91 Å². The fourth-order valence-electron chi connectivity index (χ4n) is 3.94. The molecule has 2 aromatic carbocycles. The summed E-state index contributed by atoms with van der Waals surface area (Å²) in [5, 5.41) is 0. The van der Waals surface area contributed by atoms with Crippen molar-refractivity contribution >= 4 is 17.6 Å². The number of carbonyl (C=O) groups excluding carboxylic acids is 2. The molecule has 3 aromatic rings. The lowest BCUT2D eigenvalue weighted by Crippen LogP contribution is -2.33.